The SMILES string of the molecule is COc1ccc[n+](CC(=O)c2ccc(F)cc2)c1. The van der Waals surface area contributed by atoms with Gasteiger partial charge in [0.05, 0.1) is 7.11 Å². The molecule has 1 heterocycles. The molecule has 0 N–H and O–H groups in total. The van der Waals surface area contributed by atoms with Gasteiger partial charge in [-0.15, -0.1) is 0 Å². The van der Waals surface area contributed by atoms with Gasteiger partial charge in [0, 0.05) is 11.6 Å². The highest BCUT2D eigenvalue weighted by molar-refractivity contribution is 5.94. The topological polar surface area (TPSA) is 30.2 Å². The number of ether oxygens (including phenoxy) is 1. The lowest BCUT2D eigenvalue weighted by Crippen LogP contribution is -2.37. The third kappa shape index (κ3) is 2.91. The minimum absolute atomic E-state index is 0.0757. The molecule has 0 spiro atoms. The quantitative estimate of drug-likeness (QED) is 0.610. The molecule has 2 aromatic rings. The molecule has 4 heteroatoms. The van der Waals surface area contributed by atoms with E-state index in [1.165, 1.54) is 24.3 Å². The van der Waals surface area contributed by atoms with Crippen molar-refractivity contribution in [1.82, 2.24) is 0 Å². The Morgan fingerprint density at radius 2 is 2.00 bits per heavy atom. The largest absolute Gasteiger partial charge is 0.491 e. The van der Waals surface area contributed by atoms with Crippen LogP contribution in [0.4, 0.5) is 4.39 Å². The van der Waals surface area contributed by atoms with Crippen LogP contribution >= 0.6 is 0 Å². The first-order chi connectivity index (χ1) is 8.69. The second-order valence-corrected chi connectivity index (χ2v) is 3.85. The lowest BCUT2D eigenvalue weighted by molar-refractivity contribution is -0.683. The number of halogens is 1. The van der Waals surface area contributed by atoms with Crippen molar-refractivity contribution >= 4 is 5.78 Å². The molecule has 0 aliphatic heterocycles. The van der Waals surface area contributed by atoms with Gasteiger partial charge in [0.1, 0.15) is 5.82 Å². The number of nitrogens with zero attached hydrogens (tertiary/aromatic N) is 1. The van der Waals surface area contributed by atoms with E-state index in [2.05, 4.69) is 0 Å². The van der Waals surface area contributed by atoms with Gasteiger partial charge in [0.15, 0.2) is 11.9 Å². The van der Waals surface area contributed by atoms with Gasteiger partial charge in [-0.2, -0.15) is 4.57 Å². The summed E-state index contributed by atoms with van der Waals surface area (Å²) in [5.74, 6) is 0.262. The number of methoxy groups -OCH3 is 1. The maximum Gasteiger partial charge on any atom is 0.227 e. The maximum absolute atomic E-state index is 12.7. The first-order valence-electron chi connectivity index (χ1n) is 5.51. The van der Waals surface area contributed by atoms with E-state index in [0.717, 1.165) is 0 Å². The van der Waals surface area contributed by atoms with Gasteiger partial charge >= 0.3 is 0 Å². The Kier molecular flexibility index (Phi) is 3.67. The van der Waals surface area contributed by atoms with Crippen LogP contribution in [0.1, 0.15) is 10.4 Å². The molecule has 0 saturated carbocycles. The van der Waals surface area contributed by atoms with E-state index in [1.807, 2.05) is 0 Å². The molecule has 0 saturated heterocycles. The van der Waals surface area contributed by atoms with E-state index in [1.54, 1.807) is 36.2 Å². The van der Waals surface area contributed by atoms with Crippen LogP contribution in [0.2, 0.25) is 0 Å². The Morgan fingerprint density at radius 3 is 2.67 bits per heavy atom. The molecule has 0 aliphatic rings. The summed E-state index contributed by atoms with van der Waals surface area (Å²) < 4.78 is 19.5. The minimum atomic E-state index is -0.347. The molecule has 2 rings (SSSR count). The summed E-state index contributed by atoms with van der Waals surface area (Å²) in [7, 11) is 1.57. The lowest BCUT2D eigenvalue weighted by Gasteiger charge is -2.00. The van der Waals surface area contributed by atoms with Crippen molar-refractivity contribution in [2.45, 2.75) is 6.54 Å². The van der Waals surface area contributed by atoms with Crippen LogP contribution in [0.25, 0.3) is 0 Å². The molecule has 0 atom stereocenters. The van der Waals surface area contributed by atoms with Gasteiger partial charge in [-0.05, 0) is 30.3 Å². The van der Waals surface area contributed by atoms with E-state index in [9.17, 15) is 9.18 Å². The first kappa shape index (κ1) is 12.2. The molecule has 3 nitrogen and oxygen atoms in total. The Bertz CT molecular complexity index is 552. The molecule has 0 unspecified atom stereocenters. The molecular weight excluding hydrogens is 233 g/mol. The molecule has 0 fully saturated rings. The number of hydrogen-bond acceptors (Lipinski definition) is 2. The van der Waals surface area contributed by atoms with Gasteiger partial charge in [0.2, 0.25) is 18.5 Å². The summed E-state index contributed by atoms with van der Waals surface area (Å²) in [6.07, 6.45) is 3.52. The van der Waals surface area contributed by atoms with Crippen molar-refractivity contribution in [3.63, 3.8) is 0 Å². The molecule has 0 bridgehead atoms. The third-order valence-electron chi connectivity index (χ3n) is 2.56. The highest BCUT2D eigenvalue weighted by Gasteiger charge is 2.12. The number of aromatic nitrogens is 1. The van der Waals surface area contributed by atoms with Crippen molar-refractivity contribution in [2.75, 3.05) is 7.11 Å². The Hall–Kier alpha value is -2.23. The Morgan fingerprint density at radius 1 is 1.28 bits per heavy atom. The fraction of sp³-hybridized carbons (Fsp3) is 0.143. The zero-order valence-electron chi connectivity index (χ0n) is 9.97. The summed E-state index contributed by atoms with van der Waals surface area (Å²) in [5.41, 5.74) is 0.492. The third-order valence-corrected chi connectivity index (χ3v) is 2.56. The summed E-state index contributed by atoms with van der Waals surface area (Å²) in [5, 5.41) is 0. The van der Waals surface area contributed by atoms with Gasteiger partial charge < -0.3 is 4.74 Å². The molecule has 1 aromatic carbocycles. The number of hydrogen-bond donors (Lipinski definition) is 0. The Balaban J connectivity index is 2.13. The van der Waals surface area contributed by atoms with Crippen molar-refractivity contribution in [3.8, 4) is 5.75 Å². The summed E-state index contributed by atoms with van der Waals surface area (Å²) >= 11 is 0. The fourth-order valence-corrected chi connectivity index (χ4v) is 1.61. The standard InChI is InChI=1S/C14H13FNO2/c1-18-13-3-2-8-16(9-13)10-14(17)11-4-6-12(15)7-5-11/h2-9H,10H2,1H3/q+1. The number of carbonyl (C=O) groups is 1. The smallest absolute Gasteiger partial charge is 0.227 e. The maximum atomic E-state index is 12.7. The van der Waals surface area contributed by atoms with E-state index in [0.29, 0.717) is 11.3 Å². The van der Waals surface area contributed by atoms with Gasteiger partial charge in [-0.3, -0.25) is 4.79 Å². The van der Waals surface area contributed by atoms with Crippen molar-refractivity contribution in [1.29, 1.82) is 0 Å². The second-order valence-electron chi connectivity index (χ2n) is 3.85. The monoisotopic (exact) mass is 246 g/mol. The summed E-state index contributed by atoms with van der Waals surface area (Å²) in [4.78, 5) is 11.9. The summed E-state index contributed by atoms with van der Waals surface area (Å²) in [6, 6.07) is 9.14. The van der Waals surface area contributed by atoms with E-state index in [4.69, 9.17) is 4.74 Å². The van der Waals surface area contributed by atoms with Crippen LogP contribution in [0, 0.1) is 5.82 Å². The van der Waals surface area contributed by atoms with Crippen LogP contribution in [0.3, 0.4) is 0 Å². The number of benzene rings is 1. The lowest BCUT2D eigenvalue weighted by atomic mass is 10.1. The van der Waals surface area contributed by atoms with Gasteiger partial charge in [-0.25, -0.2) is 4.39 Å². The van der Waals surface area contributed by atoms with Crippen molar-refractivity contribution in [2.24, 2.45) is 0 Å². The highest BCUT2D eigenvalue weighted by atomic mass is 19.1. The van der Waals surface area contributed by atoms with Crippen molar-refractivity contribution < 1.29 is 18.5 Å². The fourth-order valence-electron chi connectivity index (χ4n) is 1.61. The van der Waals surface area contributed by atoms with E-state index in [-0.39, 0.29) is 18.1 Å². The normalized spacial score (nSPS) is 10.1. The van der Waals surface area contributed by atoms with Crippen LogP contribution in [0.15, 0.2) is 48.8 Å². The van der Waals surface area contributed by atoms with Crippen LogP contribution in [-0.4, -0.2) is 12.9 Å². The number of pyridine rings is 1. The average Bonchev–Trinajstić information content (AvgIpc) is 2.39. The van der Waals surface area contributed by atoms with Gasteiger partial charge in [-0.1, -0.05) is 0 Å². The number of carbonyl (C=O) groups excluding carboxylic acids is 1. The predicted molar refractivity (Wildman–Crippen MR) is 63.9 cm³/mol. The van der Waals surface area contributed by atoms with Crippen molar-refractivity contribution in [3.05, 3.63) is 60.2 Å². The zero-order chi connectivity index (χ0) is 13.0. The van der Waals surface area contributed by atoms with E-state index < -0.39 is 0 Å². The molecule has 1 aromatic heterocycles. The van der Waals surface area contributed by atoms with E-state index >= 15 is 0 Å². The zero-order valence-corrected chi connectivity index (χ0v) is 9.97. The summed E-state index contributed by atoms with van der Waals surface area (Å²) in [6.45, 7) is 0.197. The van der Waals surface area contributed by atoms with Crippen LogP contribution in [-0.2, 0) is 6.54 Å². The number of rotatable bonds is 4. The van der Waals surface area contributed by atoms with Gasteiger partial charge in [0.25, 0.3) is 0 Å². The van der Waals surface area contributed by atoms with Crippen LogP contribution in [0.5, 0.6) is 5.75 Å². The minimum Gasteiger partial charge on any atom is -0.491 e. The second kappa shape index (κ2) is 5.40. The molecule has 0 amide bonds. The molecule has 0 radical (unpaired) electrons. The molecule has 18 heavy (non-hydrogen) atoms. The predicted octanol–water partition coefficient (Wildman–Crippen LogP) is 2.00. The first-order valence-corrected chi connectivity index (χ1v) is 5.51. The molecule has 92 valence electrons. The number of ketones is 1. The molecule has 0 aliphatic carbocycles. The molecular formula is C14H13FNO2+. The number of Topliss-reactive ketones (excluding diaryl/α,β-unsaturated/α-hetero) is 1. The highest BCUT2D eigenvalue weighted by Crippen LogP contribution is 2.06. The van der Waals surface area contributed by atoms with Crippen LogP contribution < -0.4 is 9.30 Å². The average molecular weight is 246 g/mol. The Labute approximate surface area is 104 Å².